The Bertz CT molecular complexity index is 689. The number of nitrogens with one attached hydrogen (secondary N) is 1. The van der Waals surface area contributed by atoms with Crippen LogP contribution in [0.2, 0.25) is 5.02 Å². The minimum atomic E-state index is -4.63. The van der Waals surface area contributed by atoms with Gasteiger partial charge in [0, 0.05) is 11.2 Å². The maximum absolute atomic E-state index is 12.9. The van der Waals surface area contributed by atoms with Crippen molar-refractivity contribution >= 4 is 23.2 Å². The average molecular weight is 316 g/mol. The molecule has 21 heavy (non-hydrogen) atoms. The lowest BCUT2D eigenvalue weighted by atomic mass is 10.1. The van der Waals surface area contributed by atoms with Crippen LogP contribution in [-0.2, 0) is 6.18 Å². The van der Waals surface area contributed by atoms with Crippen molar-refractivity contribution in [3.63, 3.8) is 0 Å². The molecular formula is C13H9ClF3N3O. The highest BCUT2D eigenvalue weighted by Gasteiger charge is 2.34. The average Bonchev–Trinajstić information content (AvgIpc) is 2.39. The number of aromatic nitrogens is 2. The summed E-state index contributed by atoms with van der Waals surface area (Å²) in [6, 6.07) is 4.42. The molecule has 4 nitrogen and oxygen atoms in total. The number of rotatable bonds is 2. The van der Waals surface area contributed by atoms with E-state index in [-0.39, 0.29) is 16.4 Å². The molecule has 0 spiro atoms. The van der Waals surface area contributed by atoms with E-state index in [1.165, 1.54) is 18.3 Å². The maximum Gasteiger partial charge on any atom is 0.418 e. The van der Waals surface area contributed by atoms with Crippen molar-refractivity contribution in [3.05, 3.63) is 52.6 Å². The van der Waals surface area contributed by atoms with Gasteiger partial charge in [-0.1, -0.05) is 11.6 Å². The van der Waals surface area contributed by atoms with Crippen LogP contribution in [0.5, 0.6) is 0 Å². The van der Waals surface area contributed by atoms with Crippen molar-refractivity contribution in [1.29, 1.82) is 0 Å². The normalized spacial score (nSPS) is 11.3. The van der Waals surface area contributed by atoms with E-state index in [9.17, 15) is 18.0 Å². The minimum Gasteiger partial charge on any atom is -0.320 e. The Kier molecular flexibility index (Phi) is 4.13. The Morgan fingerprint density at radius 3 is 2.62 bits per heavy atom. The molecular weight excluding hydrogens is 307 g/mol. The maximum atomic E-state index is 12.9. The predicted octanol–water partition coefficient (Wildman–Crippen LogP) is 3.71. The number of halogens is 4. The minimum absolute atomic E-state index is 0.0226. The van der Waals surface area contributed by atoms with Gasteiger partial charge in [-0.2, -0.15) is 13.2 Å². The number of benzene rings is 1. The van der Waals surface area contributed by atoms with Gasteiger partial charge >= 0.3 is 6.18 Å². The van der Waals surface area contributed by atoms with Gasteiger partial charge in [-0.15, -0.1) is 0 Å². The molecule has 1 aromatic carbocycles. The fourth-order valence-corrected chi connectivity index (χ4v) is 1.80. The molecule has 0 aliphatic rings. The van der Waals surface area contributed by atoms with E-state index in [0.717, 1.165) is 12.1 Å². The van der Waals surface area contributed by atoms with Crippen LogP contribution in [0.3, 0.4) is 0 Å². The van der Waals surface area contributed by atoms with Crippen LogP contribution in [0.4, 0.5) is 18.9 Å². The van der Waals surface area contributed by atoms with Crippen LogP contribution in [0.1, 0.15) is 21.9 Å². The van der Waals surface area contributed by atoms with Crippen LogP contribution >= 0.6 is 11.6 Å². The highest BCUT2D eigenvalue weighted by molar-refractivity contribution is 6.30. The van der Waals surface area contributed by atoms with E-state index in [1.54, 1.807) is 6.92 Å². The lowest BCUT2D eigenvalue weighted by molar-refractivity contribution is -0.136. The Labute approximate surface area is 123 Å². The van der Waals surface area contributed by atoms with Crippen LogP contribution < -0.4 is 5.32 Å². The Balaban J connectivity index is 2.34. The Morgan fingerprint density at radius 1 is 1.29 bits per heavy atom. The van der Waals surface area contributed by atoms with Gasteiger partial charge < -0.3 is 5.32 Å². The standard InChI is InChI=1S/C13H9ClF3N3O/c1-7-18-5-4-11(19-7)12(21)20-10-3-2-8(14)6-9(10)13(15,16)17/h2-6H,1H3,(H,20,21). The molecule has 0 aliphatic carbocycles. The van der Waals surface area contributed by atoms with Gasteiger partial charge in [-0.05, 0) is 31.2 Å². The summed E-state index contributed by atoms with van der Waals surface area (Å²) in [5.41, 5.74) is -1.42. The highest BCUT2D eigenvalue weighted by Crippen LogP contribution is 2.36. The summed E-state index contributed by atoms with van der Waals surface area (Å²) in [6.07, 6.45) is -3.28. The van der Waals surface area contributed by atoms with Crippen LogP contribution in [0, 0.1) is 6.92 Å². The molecule has 0 bridgehead atoms. The first-order valence-corrected chi connectivity index (χ1v) is 6.13. The van der Waals surface area contributed by atoms with E-state index in [1.807, 2.05) is 0 Å². The first-order valence-electron chi connectivity index (χ1n) is 5.75. The molecule has 1 N–H and O–H groups in total. The van der Waals surface area contributed by atoms with Gasteiger partial charge in [0.05, 0.1) is 11.3 Å². The smallest absolute Gasteiger partial charge is 0.320 e. The van der Waals surface area contributed by atoms with E-state index in [0.29, 0.717) is 5.82 Å². The third kappa shape index (κ3) is 3.69. The molecule has 0 aliphatic heterocycles. The van der Waals surface area contributed by atoms with Crippen molar-refractivity contribution in [2.45, 2.75) is 13.1 Å². The van der Waals surface area contributed by atoms with E-state index in [4.69, 9.17) is 11.6 Å². The molecule has 0 saturated heterocycles. The van der Waals surface area contributed by atoms with Gasteiger partial charge in [-0.3, -0.25) is 4.79 Å². The number of aryl methyl sites for hydroxylation is 1. The molecule has 1 amide bonds. The number of amides is 1. The third-order valence-corrected chi connectivity index (χ3v) is 2.78. The topological polar surface area (TPSA) is 54.9 Å². The van der Waals surface area contributed by atoms with Crippen molar-refractivity contribution in [3.8, 4) is 0 Å². The molecule has 0 atom stereocenters. The molecule has 110 valence electrons. The molecule has 1 heterocycles. The van der Waals surface area contributed by atoms with E-state index < -0.39 is 17.6 Å². The first kappa shape index (κ1) is 15.2. The summed E-state index contributed by atoms with van der Waals surface area (Å²) in [5, 5.41) is 2.11. The molecule has 8 heteroatoms. The SMILES string of the molecule is Cc1nccc(C(=O)Nc2ccc(Cl)cc2C(F)(F)F)n1. The number of nitrogens with zero attached hydrogens (tertiary/aromatic N) is 2. The van der Waals surface area contributed by atoms with Gasteiger partial charge in [0.2, 0.25) is 0 Å². The molecule has 1 aromatic heterocycles. The molecule has 2 aromatic rings. The van der Waals surface area contributed by atoms with Gasteiger partial charge in [-0.25, -0.2) is 9.97 Å². The summed E-state index contributed by atoms with van der Waals surface area (Å²) in [6.45, 7) is 1.57. The number of alkyl halides is 3. The number of hydrogen-bond acceptors (Lipinski definition) is 3. The second-order valence-electron chi connectivity index (χ2n) is 4.13. The summed E-state index contributed by atoms with van der Waals surface area (Å²) in [4.78, 5) is 19.6. The van der Waals surface area contributed by atoms with Gasteiger partial charge in [0.1, 0.15) is 11.5 Å². The third-order valence-electron chi connectivity index (χ3n) is 2.54. The largest absolute Gasteiger partial charge is 0.418 e. The molecule has 0 unspecified atom stereocenters. The number of anilines is 1. The van der Waals surface area contributed by atoms with E-state index >= 15 is 0 Å². The molecule has 0 fully saturated rings. The monoisotopic (exact) mass is 315 g/mol. The van der Waals surface area contributed by atoms with Crippen molar-refractivity contribution in [1.82, 2.24) is 9.97 Å². The van der Waals surface area contributed by atoms with Gasteiger partial charge in [0.15, 0.2) is 0 Å². The fourth-order valence-electron chi connectivity index (χ4n) is 1.63. The zero-order valence-electron chi connectivity index (χ0n) is 10.7. The summed E-state index contributed by atoms with van der Waals surface area (Å²) >= 11 is 5.56. The summed E-state index contributed by atoms with van der Waals surface area (Å²) in [7, 11) is 0. The first-order chi connectivity index (χ1) is 9.77. The summed E-state index contributed by atoms with van der Waals surface area (Å²) in [5.74, 6) is -0.414. The highest BCUT2D eigenvalue weighted by atomic mass is 35.5. The Morgan fingerprint density at radius 2 is 2.00 bits per heavy atom. The fraction of sp³-hybridized carbons (Fsp3) is 0.154. The van der Waals surface area contributed by atoms with Crippen molar-refractivity contribution in [2.24, 2.45) is 0 Å². The predicted molar refractivity (Wildman–Crippen MR) is 71.2 cm³/mol. The second-order valence-corrected chi connectivity index (χ2v) is 4.57. The molecule has 0 radical (unpaired) electrons. The van der Waals surface area contributed by atoms with Crippen LogP contribution in [0.15, 0.2) is 30.5 Å². The van der Waals surface area contributed by atoms with Crippen LogP contribution in [0.25, 0.3) is 0 Å². The van der Waals surface area contributed by atoms with Gasteiger partial charge in [0.25, 0.3) is 5.91 Å². The van der Waals surface area contributed by atoms with Crippen LogP contribution in [-0.4, -0.2) is 15.9 Å². The van der Waals surface area contributed by atoms with Crippen molar-refractivity contribution in [2.75, 3.05) is 5.32 Å². The van der Waals surface area contributed by atoms with E-state index in [2.05, 4.69) is 15.3 Å². The quantitative estimate of drug-likeness (QED) is 0.919. The molecule has 0 saturated carbocycles. The zero-order chi connectivity index (χ0) is 15.6. The zero-order valence-corrected chi connectivity index (χ0v) is 11.5. The second kappa shape index (κ2) is 5.69. The number of carbonyl (C=O) groups excluding carboxylic acids is 1. The Hall–Kier alpha value is -2.15. The number of hydrogen-bond donors (Lipinski definition) is 1. The lowest BCUT2D eigenvalue weighted by Crippen LogP contribution is -2.18. The van der Waals surface area contributed by atoms with Crippen molar-refractivity contribution < 1.29 is 18.0 Å². The summed E-state index contributed by atoms with van der Waals surface area (Å²) < 4.78 is 38.7. The number of carbonyl (C=O) groups is 1. The molecule has 2 rings (SSSR count). The lowest BCUT2D eigenvalue weighted by Gasteiger charge is -2.14.